The normalized spacial score (nSPS) is 19.2. The van der Waals surface area contributed by atoms with E-state index in [-0.39, 0.29) is 12.1 Å². The molecule has 0 bridgehead atoms. The number of benzene rings is 2. The molecule has 2 atom stereocenters. The van der Waals surface area contributed by atoms with Gasteiger partial charge in [-0.2, -0.15) is 0 Å². The van der Waals surface area contributed by atoms with Crippen molar-refractivity contribution in [2.24, 2.45) is 0 Å². The molecule has 0 unspecified atom stereocenters. The maximum atomic E-state index is 6.02. The van der Waals surface area contributed by atoms with E-state index in [1.165, 1.54) is 39.5 Å². The smallest absolute Gasteiger partial charge is 0.174 e. The van der Waals surface area contributed by atoms with E-state index < -0.39 is 0 Å². The molecule has 1 N–H and O–H groups in total. The van der Waals surface area contributed by atoms with E-state index in [0.29, 0.717) is 0 Å². The van der Waals surface area contributed by atoms with Crippen molar-refractivity contribution in [1.29, 1.82) is 0 Å². The van der Waals surface area contributed by atoms with Gasteiger partial charge in [0.2, 0.25) is 0 Å². The summed E-state index contributed by atoms with van der Waals surface area (Å²) in [6.45, 7) is 12.3. The van der Waals surface area contributed by atoms with E-state index in [1.54, 1.807) is 0 Å². The third-order valence-electron chi connectivity index (χ3n) is 8.32. The third kappa shape index (κ3) is 4.67. The molecule has 40 heavy (non-hydrogen) atoms. The van der Waals surface area contributed by atoms with Crippen LogP contribution >= 0.6 is 12.2 Å². The molecule has 7 heteroatoms. The van der Waals surface area contributed by atoms with Crippen LogP contribution in [-0.4, -0.2) is 41.0 Å². The molecule has 2 aliphatic rings. The highest BCUT2D eigenvalue weighted by molar-refractivity contribution is 7.80. The van der Waals surface area contributed by atoms with Crippen LogP contribution < -0.4 is 15.1 Å². The molecule has 6 nitrogen and oxygen atoms in total. The lowest BCUT2D eigenvalue weighted by Crippen LogP contribution is -2.36. The van der Waals surface area contributed by atoms with Crippen molar-refractivity contribution in [3.05, 3.63) is 107 Å². The van der Waals surface area contributed by atoms with Crippen molar-refractivity contribution in [2.45, 2.75) is 46.2 Å². The van der Waals surface area contributed by atoms with Gasteiger partial charge in [-0.1, -0.05) is 31.2 Å². The van der Waals surface area contributed by atoms with Crippen molar-refractivity contribution in [3.63, 3.8) is 0 Å². The summed E-state index contributed by atoms with van der Waals surface area (Å²) < 4.78 is 7.98. The second-order valence-corrected chi connectivity index (χ2v) is 11.1. The topological polar surface area (TPSA) is 45.6 Å². The molecule has 4 aromatic rings. The molecular formula is C33H37N5OS. The highest BCUT2D eigenvalue weighted by atomic mass is 32.1. The second-order valence-electron chi connectivity index (χ2n) is 10.7. The number of aryl methyl sites for hydroxylation is 3. The highest BCUT2D eigenvalue weighted by Crippen LogP contribution is 2.44. The summed E-state index contributed by atoms with van der Waals surface area (Å²) in [4.78, 5) is 9.42. The molecule has 0 saturated carbocycles. The molecule has 2 aromatic heterocycles. The quantitative estimate of drug-likeness (QED) is 0.281. The number of para-hydroxylation sites is 1. The lowest BCUT2D eigenvalue weighted by Gasteiger charge is -2.31. The van der Waals surface area contributed by atoms with E-state index in [2.05, 4.69) is 102 Å². The maximum absolute atomic E-state index is 6.02. The molecule has 2 fully saturated rings. The summed E-state index contributed by atoms with van der Waals surface area (Å²) in [5.74, 6) is 0. The molecule has 6 rings (SSSR count). The number of aromatic nitrogens is 2. The van der Waals surface area contributed by atoms with Crippen LogP contribution in [0, 0.1) is 20.8 Å². The van der Waals surface area contributed by atoms with Gasteiger partial charge in [0.15, 0.2) is 5.11 Å². The monoisotopic (exact) mass is 551 g/mol. The number of rotatable bonds is 6. The van der Waals surface area contributed by atoms with Crippen LogP contribution in [0.25, 0.3) is 5.69 Å². The van der Waals surface area contributed by atoms with E-state index in [0.717, 1.165) is 49.2 Å². The maximum Gasteiger partial charge on any atom is 0.174 e. The molecule has 2 aliphatic heterocycles. The summed E-state index contributed by atoms with van der Waals surface area (Å²) in [6, 6.07) is 23.7. The Morgan fingerprint density at radius 1 is 0.950 bits per heavy atom. The average molecular weight is 552 g/mol. The molecule has 4 heterocycles. The van der Waals surface area contributed by atoms with E-state index in [4.69, 9.17) is 21.9 Å². The first kappa shape index (κ1) is 26.5. The molecule has 206 valence electrons. The van der Waals surface area contributed by atoms with Gasteiger partial charge in [0.05, 0.1) is 36.7 Å². The fourth-order valence-electron chi connectivity index (χ4n) is 6.35. The van der Waals surface area contributed by atoms with Gasteiger partial charge < -0.3 is 24.4 Å². The van der Waals surface area contributed by atoms with Crippen LogP contribution in [0.3, 0.4) is 0 Å². The van der Waals surface area contributed by atoms with Crippen LogP contribution in [0.2, 0.25) is 0 Å². The Labute approximate surface area is 242 Å². The SMILES string of the molecule is CCc1cccc(C)c1-n1c(C)cc([C@H]2[C@@H](c3ccccn3)NC(=S)N2c2ccc(N3CCOCC3)cc2)c1C. The fraction of sp³-hybridized carbons (Fsp3) is 0.333. The number of hydrogen-bond acceptors (Lipinski definition) is 4. The molecule has 2 aromatic carbocycles. The van der Waals surface area contributed by atoms with Gasteiger partial charge in [-0.3, -0.25) is 4.98 Å². The lowest BCUT2D eigenvalue weighted by molar-refractivity contribution is 0.122. The number of pyridine rings is 1. The number of morpholine rings is 1. The molecular weight excluding hydrogens is 514 g/mol. The Balaban J connectivity index is 1.46. The van der Waals surface area contributed by atoms with Crippen LogP contribution in [0.5, 0.6) is 0 Å². The first-order chi connectivity index (χ1) is 19.5. The summed E-state index contributed by atoms with van der Waals surface area (Å²) in [6.07, 6.45) is 2.84. The number of hydrogen-bond donors (Lipinski definition) is 1. The third-order valence-corrected chi connectivity index (χ3v) is 8.63. The molecule has 2 saturated heterocycles. The van der Waals surface area contributed by atoms with Crippen LogP contribution in [0.4, 0.5) is 11.4 Å². The summed E-state index contributed by atoms with van der Waals surface area (Å²) in [5.41, 5.74) is 10.9. The van der Waals surface area contributed by atoms with Crippen molar-refractivity contribution in [2.75, 3.05) is 36.1 Å². The summed E-state index contributed by atoms with van der Waals surface area (Å²) >= 11 is 6.02. The van der Waals surface area contributed by atoms with Crippen LogP contribution in [-0.2, 0) is 11.2 Å². The first-order valence-electron chi connectivity index (χ1n) is 14.2. The molecule has 0 amide bonds. The van der Waals surface area contributed by atoms with Crippen molar-refractivity contribution >= 4 is 28.7 Å². The van der Waals surface area contributed by atoms with Gasteiger partial charge in [-0.25, -0.2) is 0 Å². The minimum absolute atomic E-state index is 0.0503. The number of thiocarbonyl (C=S) groups is 1. The Hall–Kier alpha value is -3.68. The summed E-state index contributed by atoms with van der Waals surface area (Å²) in [5, 5.41) is 4.35. The Morgan fingerprint density at radius 2 is 1.70 bits per heavy atom. The van der Waals surface area contributed by atoms with Gasteiger partial charge in [-0.05, 0) is 98.6 Å². The van der Waals surface area contributed by atoms with Crippen molar-refractivity contribution < 1.29 is 4.74 Å². The summed E-state index contributed by atoms with van der Waals surface area (Å²) in [7, 11) is 0. The van der Waals surface area contributed by atoms with Gasteiger partial charge in [0.25, 0.3) is 0 Å². The van der Waals surface area contributed by atoms with Gasteiger partial charge in [0, 0.05) is 42.0 Å². The van der Waals surface area contributed by atoms with E-state index >= 15 is 0 Å². The van der Waals surface area contributed by atoms with Gasteiger partial charge in [0.1, 0.15) is 0 Å². The van der Waals surface area contributed by atoms with E-state index in [9.17, 15) is 0 Å². The number of nitrogens with zero attached hydrogens (tertiary/aromatic N) is 4. The number of anilines is 2. The molecule has 0 radical (unpaired) electrons. The van der Waals surface area contributed by atoms with Crippen molar-refractivity contribution in [1.82, 2.24) is 14.9 Å². The van der Waals surface area contributed by atoms with E-state index in [1.807, 2.05) is 18.3 Å². The van der Waals surface area contributed by atoms with Gasteiger partial charge >= 0.3 is 0 Å². The predicted molar refractivity (Wildman–Crippen MR) is 167 cm³/mol. The minimum atomic E-state index is -0.0796. The zero-order chi connectivity index (χ0) is 27.8. The number of ether oxygens (including phenoxy) is 1. The zero-order valence-corrected chi connectivity index (χ0v) is 24.5. The largest absolute Gasteiger partial charge is 0.378 e. The standard InChI is InChI=1S/C33H37N5OS/c1-5-25-10-8-9-22(2)31(25)37-23(3)21-28(24(37)4)32-30(29-11-6-7-16-34-29)35-33(40)38(32)27-14-12-26(13-15-27)36-17-19-39-20-18-36/h6-16,21,30,32H,5,17-20H2,1-4H3,(H,35,40)/t30-,32+/m1/s1. The van der Waals surface area contributed by atoms with Gasteiger partial charge in [-0.15, -0.1) is 0 Å². The minimum Gasteiger partial charge on any atom is -0.378 e. The molecule has 0 aliphatic carbocycles. The first-order valence-corrected chi connectivity index (χ1v) is 14.6. The van der Waals surface area contributed by atoms with Crippen LogP contribution in [0.1, 0.15) is 52.8 Å². The lowest BCUT2D eigenvalue weighted by atomic mass is 9.96. The Morgan fingerprint density at radius 3 is 2.40 bits per heavy atom. The predicted octanol–water partition coefficient (Wildman–Crippen LogP) is 6.37. The second kappa shape index (κ2) is 11.1. The Bertz CT molecular complexity index is 1510. The highest BCUT2D eigenvalue weighted by Gasteiger charge is 2.42. The Kier molecular flexibility index (Phi) is 7.34. The average Bonchev–Trinajstić information content (AvgIpc) is 3.48. The van der Waals surface area contributed by atoms with Crippen LogP contribution in [0.15, 0.2) is 72.9 Å². The fourth-order valence-corrected chi connectivity index (χ4v) is 6.70. The van der Waals surface area contributed by atoms with Crippen molar-refractivity contribution in [3.8, 4) is 5.69 Å². The number of nitrogens with one attached hydrogen (secondary N) is 1. The zero-order valence-electron chi connectivity index (χ0n) is 23.7. The molecule has 0 spiro atoms.